The van der Waals surface area contributed by atoms with E-state index in [1.807, 2.05) is 13.0 Å². The van der Waals surface area contributed by atoms with Crippen LogP contribution in [-0.4, -0.2) is 24.5 Å². The first-order valence-electron chi connectivity index (χ1n) is 6.49. The molecule has 0 aliphatic carbocycles. The highest BCUT2D eigenvalue weighted by Crippen LogP contribution is 2.40. The monoisotopic (exact) mass is 289 g/mol. The van der Waals surface area contributed by atoms with Crippen LogP contribution in [0.5, 0.6) is 0 Å². The first-order valence-corrected chi connectivity index (χ1v) is 7.47. The molecule has 0 saturated heterocycles. The third-order valence-electron chi connectivity index (χ3n) is 3.45. The summed E-state index contributed by atoms with van der Waals surface area (Å²) in [7, 11) is 0. The van der Waals surface area contributed by atoms with E-state index < -0.39 is 18.1 Å². The Hall–Kier alpha value is -0.680. The topological polar surface area (TPSA) is 12.0 Å². The van der Waals surface area contributed by atoms with Gasteiger partial charge < -0.3 is 5.32 Å². The van der Waals surface area contributed by atoms with Gasteiger partial charge >= 0.3 is 6.18 Å². The van der Waals surface area contributed by atoms with Crippen molar-refractivity contribution in [2.24, 2.45) is 0 Å². The number of thioether (sulfide) groups is 1. The summed E-state index contributed by atoms with van der Waals surface area (Å²) in [6, 6.07) is 4.58. The number of hydrogen-bond donors (Lipinski definition) is 1. The number of aryl methyl sites for hydroxylation is 1. The van der Waals surface area contributed by atoms with Gasteiger partial charge in [0.2, 0.25) is 0 Å². The second-order valence-corrected chi connectivity index (χ2v) is 5.97. The Bertz CT molecular complexity index is 445. The molecule has 5 heteroatoms. The van der Waals surface area contributed by atoms with Crippen LogP contribution in [-0.2, 0) is 6.42 Å². The van der Waals surface area contributed by atoms with Crippen molar-refractivity contribution >= 4 is 11.8 Å². The molecule has 0 radical (unpaired) electrons. The van der Waals surface area contributed by atoms with Crippen molar-refractivity contribution in [1.82, 2.24) is 5.32 Å². The van der Waals surface area contributed by atoms with Crippen molar-refractivity contribution in [3.05, 3.63) is 29.3 Å². The molecular weight excluding hydrogens is 271 g/mol. The molecule has 19 heavy (non-hydrogen) atoms. The number of hydrogen-bond acceptors (Lipinski definition) is 2. The summed E-state index contributed by atoms with van der Waals surface area (Å²) < 4.78 is 39.9. The van der Waals surface area contributed by atoms with E-state index in [0.717, 1.165) is 22.6 Å². The highest BCUT2D eigenvalue weighted by molar-refractivity contribution is 7.99. The van der Waals surface area contributed by atoms with Gasteiger partial charge in [0.25, 0.3) is 0 Å². The third-order valence-corrected chi connectivity index (χ3v) is 4.57. The number of benzene rings is 1. The van der Waals surface area contributed by atoms with Crippen LogP contribution < -0.4 is 5.32 Å². The number of likely N-dealkylation sites (N-methyl/N-ethyl adjacent to an activating group) is 1. The van der Waals surface area contributed by atoms with Crippen molar-refractivity contribution in [3.8, 4) is 0 Å². The van der Waals surface area contributed by atoms with Crippen molar-refractivity contribution in [2.75, 3.05) is 12.3 Å². The van der Waals surface area contributed by atoms with E-state index >= 15 is 0 Å². The van der Waals surface area contributed by atoms with E-state index in [1.165, 1.54) is 0 Å². The maximum Gasteiger partial charge on any atom is 0.397 e. The van der Waals surface area contributed by atoms with Crippen LogP contribution in [0.3, 0.4) is 0 Å². The van der Waals surface area contributed by atoms with Gasteiger partial charge in [-0.15, -0.1) is 11.8 Å². The highest BCUT2D eigenvalue weighted by atomic mass is 32.2. The molecular formula is C14H18F3NS. The molecule has 0 fully saturated rings. The summed E-state index contributed by atoms with van der Waals surface area (Å²) in [5.41, 5.74) is 1.43. The zero-order valence-corrected chi connectivity index (χ0v) is 11.9. The summed E-state index contributed by atoms with van der Waals surface area (Å²) in [6.45, 7) is 3.96. The van der Waals surface area contributed by atoms with Gasteiger partial charge in [0.1, 0.15) is 0 Å². The van der Waals surface area contributed by atoms with E-state index in [1.54, 1.807) is 30.8 Å². The molecule has 0 spiro atoms. The van der Waals surface area contributed by atoms with Gasteiger partial charge in [0, 0.05) is 16.7 Å². The van der Waals surface area contributed by atoms with Gasteiger partial charge in [-0.2, -0.15) is 13.2 Å². The number of fused-ring (bicyclic) bond motifs is 1. The lowest BCUT2D eigenvalue weighted by atomic mass is 9.90. The third kappa shape index (κ3) is 3.26. The van der Waals surface area contributed by atoms with Crippen LogP contribution in [0.1, 0.15) is 30.9 Å². The molecule has 1 N–H and O–H groups in total. The molecule has 1 aromatic rings. The van der Waals surface area contributed by atoms with E-state index in [2.05, 4.69) is 5.32 Å². The van der Waals surface area contributed by atoms with Gasteiger partial charge in [0.05, 0.1) is 5.92 Å². The largest absolute Gasteiger partial charge is 0.397 e. The summed E-state index contributed by atoms with van der Waals surface area (Å²) in [5, 5.41) is 2.89. The maximum atomic E-state index is 13.3. The molecule has 1 aliphatic heterocycles. The van der Waals surface area contributed by atoms with Crippen LogP contribution in [0.4, 0.5) is 13.2 Å². The minimum absolute atomic E-state index is 0.377. The molecule has 0 aromatic heterocycles. The first-order chi connectivity index (χ1) is 8.93. The van der Waals surface area contributed by atoms with Crippen LogP contribution >= 0.6 is 11.8 Å². The van der Waals surface area contributed by atoms with E-state index in [4.69, 9.17) is 0 Å². The molecule has 0 bridgehead atoms. The SMILES string of the molecule is CCNC(C)C(c1ccc2c(c1)CCS2)C(F)(F)F. The Kier molecular flexibility index (Phi) is 4.46. The smallest absolute Gasteiger partial charge is 0.314 e. The number of rotatable bonds is 4. The lowest BCUT2D eigenvalue weighted by Gasteiger charge is -2.27. The molecule has 1 heterocycles. The lowest BCUT2D eigenvalue weighted by molar-refractivity contribution is -0.156. The van der Waals surface area contributed by atoms with Crippen molar-refractivity contribution in [1.29, 1.82) is 0 Å². The lowest BCUT2D eigenvalue weighted by Crippen LogP contribution is -2.39. The van der Waals surface area contributed by atoms with Crippen LogP contribution in [0, 0.1) is 0 Å². The predicted octanol–water partition coefficient (Wildman–Crippen LogP) is 3.98. The molecule has 2 rings (SSSR count). The fraction of sp³-hybridized carbons (Fsp3) is 0.571. The van der Waals surface area contributed by atoms with Crippen LogP contribution in [0.25, 0.3) is 0 Å². The molecule has 2 unspecified atom stereocenters. The first kappa shape index (κ1) is 14.7. The molecule has 106 valence electrons. The van der Waals surface area contributed by atoms with E-state index in [-0.39, 0.29) is 0 Å². The Morgan fingerprint density at radius 3 is 2.74 bits per heavy atom. The van der Waals surface area contributed by atoms with Gasteiger partial charge in [-0.05, 0) is 37.1 Å². The molecule has 2 atom stereocenters. The Morgan fingerprint density at radius 2 is 2.11 bits per heavy atom. The normalized spacial score (nSPS) is 18.2. The highest BCUT2D eigenvalue weighted by Gasteiger charge is 2.44. The number of nitrogens with one attached hydrogen (secondary N) is 1. The van der Waals surface area contributed by atoms with Gasteiger partial charge in [0.15, 0.2) is 0 Å². The summed E-state index contributed by atoms with van der Waals surface area (Å²) in [5.74, 6) is -0.471. The second-order valence-electron chi connectivity index (χ2n) is 4.83. The van der Waals surface area contributed by atoms with Crippen molar-refractivity contribution in [3.63, 3.8) is 0 Å². The van der Waals surface area contributed by atoms with Crippen LogP contribution in [0.15, 0.2) is 23.1 Å². The summed E-state index contributed by atoms with van der Waals surface area (Å²) in [6.07, 6.45) is -3.35. The zero-order valence-electron chi connectivity index (χ0n) is 11.1. The molecule has 0 amide bonds. The Labute approximate surface area is 116 Å². The standard InChI is InChI=1S/C14H18F3NS/c1-3-18-9(2)13(14(15,16)17)11-4-5-12-10(8-11)6-7-19-12/h4-5,8-9,13,18H,3,6-7H2,1-2H3. The Morgan fingerprint density at radius 1 is 1.37 bits per heavy atom. The molecule has 1 nitrogen and oxygen atoms in total. The molecule has 0 saturated carbocycles. The maximum absolute atomic E-state index is 13.3. The fourth-order valence-electron chi connectivity index (χ4n) is 2.60. The summed E-state index contributed by atoms with van der Waals surface area (Å²) in [4.78, 5) is 1.13. The molecule has 1 aliphatic rings. The van der Waals surface area contributed by atoms with Crippen molar-refractivity contribution < 1.29 is 13.2 Å². The zero-order chi connectivity index (χ0) is 14.0. The second kappa shape index (κ2) is 5.75. The van der Waals surface area contributed by atoms with Gasteiger partial charge in [-0.1, -0.05) is 19.1 Å². The Balaban J connectivity index is 2.33. The average Bonchev–Trinajstić information content (AvgIpc) is 2.74. The average molecular weight is 289 g/mol. The summed E-state index contributed by atoms with van der Waals surface area (Å²) >= 11 is 1.72. The van der Waals surface area contributed by atoms with Gasteiger partial charge in [-0.25, -0.2) is 0 Å². The minimum atomic E-state index is -4.22. The number of alkyl halides is 3. The quantitative estimate of drug-likeness (QED) is 0.900. The number of halogens is 3. The van der Waals surface area contributed by atoms with E-state index in [9.17, 15) is 13.2 Å². The van der Waals surface area contributed by atoms with Crippen molar-refractivity contribution in [2.45, 2.75) is 43.3 Å². The fourth-order valence-corrected chi connectivity index (χ4v) is 3.65. The molecule has 1 aromatic carbocycles. The minimum Gasteiger partial charge on any atom is -0.314 e. The van der Waals surface area contributed by atoms with E-state index in [0.29, 0.717) is 12.1 Å². The van der Waals surface area contributed by atoms with Gasteiger partial charge in [-0.3, -0.25) is 0 Å². The van der Waals surface area contributed by atoms with Crippen LogP contribution in [0.2, 0.25) is 0 Å². The predicted molar refractivity (Wildman–Crippen MR) is 72.8 cm³/mol.